The van der Waals surface area contributed by atoms with Crippen LogP contribution >= 0.6 is 11.3 Å². The Morgan fingerprint density at radius 1 is 1.27 bits per heavy atom. The highest BCUT2D eigenvalue weighted by atomic mass is 32.1. The lowest BCUT2D eigenvalue weighted by atomic mass is 10.3. The van der Waals surface area contributed by atoms with E-state index < -0.39 is 6.10 Å². The van der Waals surface area contributed by atoms with Gasteiger partial charge in [-0.05, 0) is 19.1 Å². The van der Waals surface area contributed by atoms with Crippen LogP contribution in [0.3, 0.4) is 0 Å². The molecule has 2 aromatic heterocycles. The van der Waals surface area contributed by atoms with Gasteiger partial charge in [-0.15, -0.1) is 10.2 Å². The lowest BCUT2D eigenvalue weighted by Gasteiger charge is -2.34. The second-order valence-electron chi connectivity index (χ2n) is 5.09. The van der Waals surface area contributed by atoms with E-state index >= 15 is 0 Å². The summed E-state index contributed by atoms with van der Waals surface area (Å²) in [6.07, 6.45) is 0.792. The number of hydrogen-bond acceptors (Lipinski definition) is 7. The van der Waals surface area contributed by atoms with Crippen LogP contribution in [0.15, 0.2) is 24.4 Å². The van der Waals surface area contributed by atoms with Gasteiger partial charge >= 0.3 is 0 Å². The molecule has 22 heavy (non-hydrogen) atoms. The Kier molecular flexibility index (Phi) is 4.30. The van der Waals surface area contributed by atoms with Crippen molar-refractivity contribution in [1.29, 1.82) is 0 Å². The van der Waals surface area contributed by atoms with Crippen LogP contribution in [0.5, 0.6) is 0 Å². The van der Waals surface area contributed by atoms with Gasteiger partial charge < -0.3 is 14.9 Å². The number of carbonyl (C=O) groups excluding carboxylic acids is 1. The topological polar surface area (TPSA) is 82.5 Å². The van der Waals surface area contributed by atoms with Crippen LogP contribution < -0.4 is 4.90 Å². The molecule has 3 heterocycles. The van der Waals surface area contributed by atoms with Crippen molar-refractivity contribution in [2.24, 2.45) is 0 Å². The van der Waals surface area contributed by atoms with Crippen LogP contribution in [0, 0.1) is 0 Å². The lowest BCUT2D eigenvalue weighted by Crippen LogP contribution is -2.51. The van der Waals surface area contributed by atoms with Crippen molar-refractivity contribution in [1.82, 2.24) is 20.1 Å². The van der Waals surface area contributed by atoms with E-state index in [4.69, 9.17) is 0 Å². The van der Waals surface area contributed by atoms with Crippen molar-refractivity contribution in [3.63, 3.8) is 0 Å². The van der Waals surface area contributed by atoms with E-state index in [0.29, 0.717) is 26.2 Å². The molecule has 1 saturated heterocycles. The molecule has 3 rings (SSSR count). The molecule has 2 aromatic rings. The van der Waals surface area contributed by atoms with Crippen molar-refractivity contribution >= 4 is 22.4 Å². The maximum absolute atomic E-state index is 11.8. The van der Waals surface area contributed by atoms with E-state index in [1.807, 2.05) is 18.2 Å². The number of amides is 1. The maximum atomic E-state index is 11.8. The number of aliphatic hydroxyl groups is 1. The first-order chi connectivity index (χ1) is 10.6. The highest BCUT2D eigenvalue weighted by molar-refractivity contribution is 7.18. The lowest BCUT2D eigenvalue weighted by molar-refractivity contribution is -0.139. The molecular weight excluding hydrogens is 302 g/mol. The predicted molar refractivity (Wildman–Crippen MR) is 83.6 cm³/mol. The van der Waals surface area contributed by atoms with E-state index in [-0.39, 0.29) is 5.91 Å². The summed E-state index contributed by atoms with van der Waals surface area (Å²) in [5.41, 5.74) is 0.814. The normalized spacial score (nSPS) is 16.6. The number of anilines is 1. The fourth-order valence-corrected chi connectivity index (χ4v) is 3.19. The van der Waals surface area contributed by atoms with Crippen molar-refractivity contribution in [3.05, 3.63) is 24.4 Å². The first kappa shape index (κ1) is 14.9. The summed E-state index contributed by atoms with van der Waals surface area (Å²) in [4.78, 5) is 19.8. The second kappa shape index (κ2) is 6.37. The Morgan fingerprint density at radius 3 is 2.68 bits per heavy atom. The fraction of sp³-hybridized carbons (Fsp3) is 0.429. The Balaban J connectivity index is 1.65. The minimum Gasteiger partial charge on any atom is -0.384 e. The number of nitrogens with zero attached hydrogens (tertiary/aromatic N) is 5. The highest BCUT2D eigenvalue weighted by Crippen LogP contribution is 2.27. The molecule has 1 atom stereocenters. The Bertz CT molecular complexity index is 638. The molecule has 1 fully saturated rings. The smallest absolute Gasteiger partial charge is 0.251 e. The Labute approximate surface area is 132 Å². The van der Waals surface area contributed by atoms with Crippen LogP contribution in [-0.2, 0) is 4.79 Å². The van der Waals surface area contributed by atoms with Gasteiger partial charge in [0.05, 0.1) is 0 Å². The SMILES string of the molecule is CC(O)C(=O)N1CCN(c2nnc(-c3ccccn3)s2)CC1. The number of piperazine rings is 1. The molecule has 0 spiro atoms. The molecule has 0 aliphatic carbocycles. The number of aromatic nitrogens is 3. The number of hydrogen-bond donors (Lipinski definition) is 1. The zero-order valence-corrected chi connectivity index (χ0v) is 13.0. The third-order valence-corrected chi connectivity index (χ3v) is 4.52. The molecule has 8 heteroatoms. The first-order valence-electron chi connectivity index (χ1n) is 7.12. The maximum Gasteiger partial charge on any atom is 0.251 e. The standard InChI is InChI=1S/C14H17N5O2S/c1-10(20)13(21)18-6-8-19(9-7-18)14-17-16-12(22-14)11-4-2-3-5-15-11/h2-5,10,20H,6-9H2,1H3. The van der Waals surface area contributed by atoms with E-state index in [0.717, 1.165) is 15.8 Å². The number of carbonyl (C=O) groups is 1. The molecule has 1 aliphatic heterocycles. The van der Waals surface area contributed by atoms with Crippen LogP contribution in [0.4, 0.5) is 5.13 Å². The molecule has 7 nitrogen and oxygen atoms in total. The predicted octanol–water partition coefficient (Wildman–Crippen LogP) is 0.629. The Hall–Kier alpha value is -2.06. The van der Waals surface area contributed by atoms with Gasteiger partial charge in [-0.2, -0.15) is 0 Å². The molecule has 1 N–H and O–H groups in total. The van der Waals surface area contributed by atoms with Gasteiger partial charge in [0.15, 0.2) is 5.01 Å². The van der Waals surface area contributed by atoms with E-state index in [1.165, 1.54) is 18.3 Å². The van der Waals surface area contributed by atoms with Gasteiger partial charge in [-0.1, -0.05) is 17.4 Å². The molecule has 0 aromatic carbocycles. The minimum absolute atomic E-state index is 0.217. The first-order valence-corrected chi connectivity index (χ1v) is 7.93. The molecule has 0 saturated carbocycles. The second-order valence-corrected chi connectivity index (χ2v) is 6.05. The monoisotopic (exact) mass is 319 g/mol. The van der Waals surface area contributed by atoms with E-state index in [9.17, 15) is 9.90 Å². The van der Waals surface area contributed by atoms with Crippen LogP contribution in [0.25, 0.3) is 10.7 Å². The highest BCUT2D eigenvalue weighted by Gasteiger charge is 2.25. The average molecular weight is 319 g/mol. The zero-order chi connectivity index (χ0) is 15.5. The van der Waals surface area contributed by atoms with Gasteiger partial charge in [0.2, 0.25) is 5.13 Å². The quantitative estimate of drug-likeness (QED) is 0.893. The van der Waals surface area contributed by atoms with E-state index in [1.54, 1.807) is 11.1 Å². The van der Waals surface area contributed by atoms with Crippen LogP contribution in [-0.4, -0.2) is 63.4 Å². The van der Waals surface area contributed by atoms with Gasteiger partial charge in [0.1, 0.15) is 11.8 Å². The summed E-state index contributed by atoms with van der Waals surface area (Å²) >= 11 is 1.50. The summed E-state index contributed by atoms with van der Waals surface area (Å²) in [7, 11) is 0. The molecule has 0 radical (unpaired) electrons. The summed E-state index contributed by atoms with van der Waals surface area (Å²) in [5.74, 6) is -0.217. The van der Waals surface area contributed by atoms with Gasteiger partial charge in [0.25, 0.3) is 5.91 Å². The van der Waals surface area contributed by atoms with Crippen molar-refractivity contribution in [2.75, 3.05) is 31.1 Å². The third-order valence-electron chi connectivity index (χ3n) is 3.52. The van der Waals surface area contributed by atoms with E-state index in [2.05, 4.69) is 20.1 Å². The summed E-state index contributed by atoms with van der Waals surface area (Å²) in [5, 5.41) is 19.4. The molecule has 116 valence electrons. The van der Waals surface area contributed by atoms with Gasteiger partial charge in [0, 0.05) is 32.4 Å². The third kappa shape index (κ3) is 3.07. The van der Waals surface area contributed by atoms with Crippen LogP contribution in [0.2, 0.25) is 0 Å². The number of rotatable bonds is 3. The Morgan fingerprint density at radius 2 is 2.05 bits per heavy atom. The van der Waals surface area contributed by atoms with Gasteiger partial charge in [-0.25, -0.2) is 0 Å². The van der Waals surface area contributed by atoms with Crippen molar-refractivity contribution in [2.45, 2.75) is 13.0 Å². The average Bonchev–Trinajstić information content (AvgIpc) is 3.05. The van der Waals surface area contributed by atoms with Crippen molar-refractivity contribution in [3.8, 4) is 10.7 Å². The minimum atomic E-state index is -0.941. The fourth-order valence-electron chi connectivity index (χ4n) is 2.32. The zero-order valence-electron chi connectivity index (χ0n) is 12.2. The molecule has 1 aliphatic rings. The molecule has 1 unspecified atom stereocenters. The van der Waals surface area contributed by atoms with Crippen molar-refractivity contribution < 1.29 is 9.90 Å². The number of pyridine rings is 1. The summed E-state index contributed by atoms with van der Waals surface area (Å²) in [6.45, 7) is 4.05. The molecular formula is C14H17N5O2S. The van der Waals surface area contributed by atoms with Crippen LogP contribution in [0.1, 0.15) is 6.92 Å². The summed E-state index contributed by atoms with van der Waals surface area (Å²) in [6, 6.07) is 5.69. The molecule has 1 amide bonds. The largest absolute Gasteiger partial charge is 0.384 e. The number of aliphatic hydroxyl groups excluding tert-OH is 1. The van der Waals surface area contributed by atoms with Gasteiger partial charge in [-0.3, -0.25) is 9.78 Å². The molecule has 0 bridgehead atoms. The summed E-state index contributed by atoms with van der Waals surface area (Å²) < 4.78 is 0.